The second-order valence-corrected chi connectivity index (χ2v) is 4.37. The van der Waals surface area contributed by atoms with Gasteiger partial charge in [-0.2, -0.15) is 0 Å². The molecule has 1 N–H and O–H groups in total. The van der Waals surface area contributed by atoms with Crippen LogP contribution < -0.4 is 5.32 Å². The van der Waals surface area contributed by atoms with Crippen molar-refractivity contribution in [2.24, 2.45) is 0 Å². The maximum absolute atomic E-state index is 13.1. The molecule has 1 heterocycles. The van der Waals surface area contributed by atoms with Gasteiger partial charge < -0.3 is 5.32 Å². The van der Waals surface area contributed by atoms with Gasteiger partial charge in [0.2, 0.25) is 0 Å². The van der Waals surface area contributed by atoms with Crippen LogP contribution >= 0.6 is 0 Å². The highest BCUT2D eigenvalue weighted by Gasteiger charge is 2.20. The summed E-state index contributed by atoms with van der Waals surface area (Å²) in [5, 5.41) is 3.40. The van der Waals surface area contributed by atoms with E-state index in [1.807, 2.05) is 6.07 Å². The SMILES string of the molecule is CCC1CNCCN1Cc1cccc(F)c1. The molecule has 1 aliphatic heterocycles. The lowest BCUT2D eigenvalue weighted by Gasteiger charge is -2.35. The topological polar surface area (TPSA) is 15.3 Å². The molecule has 0 spiro atoms. The van der Waals surface area contributed by atoms with Gasteiger partial charge >= 0.3 is 0 Å². The van der Waals surface area contributed by atoms with E-state index in [1.165, 1.54) is 6.07 Å². The summed E-state index contributed by atoms with van der Waals surface area (Å²) in [6.45, 7) is 6.20. The smallest absolute Gasteiger partial charge is 0.123 e. The van der Waals surface area contributed by atoms with Gasteiger partial charge in [0.1, 0.15) is 5.82 Å². The van der Waals surface area contributed by atoms with E-state index in [0.717, 1.165) is 38.2 Å². The summed E-state index contributed by atoms with van der Waals surface area (Å²) in [4.78, 5) is 2.44. The minimum Gasteiger partial charge on any atom is -0.314 e. The number of nitrogens with zero attached hydrogens (tertiary/aromatic N) is 1. The zero-order chi connectivity index (χ0) is 11.4. The van der Waals surface area contributed by atoms with Crippen LogP contribution in [0.1, 0.15) is 18.9 Å². The molecule has 0 saturated carbocycles. The van der Waals surface area contributed by atoms with Crippen LogP contribution in [-0.4, -0.2) is 30.6 Å². The fourth-order valence-electron chi connectivity index (χ4n) is 2.28. The molecule has 1 aromatic rings. The van der Waals surface area contributed by atoms with E-state index in [0.29, 0.717) is 6.04 Å². The molecule has 16 heavy (non-hydrogen) atoms. The number of hydrogen-bond acceptors (Lipinski definition) is 2. The first-order valence-corrected chi connectivity index (χ1v) is 5.99. The third kappa shape index (κ3) is 2.80. The summed E-state index contributed by atoms with van der Waals surface area (Å²) >= 11 is 0. The third-order valence-corrected chi connectivity index (χ3v) is 3.22. The van der Waals surface area contributed by atoms with Crippen LogP contribution in [0.2, 0.25) is 0 Å². The summed E-state index contributed by atoms with van der Waals surface area (Å²) in [6.07, 6.45) is 1.14. The summed E-state index contributed by atoms with van der Waals surface area (Å²) < 4.78 is 13.1. The molecule has 0 radical (unpaired) electrons. The normalized spacial score (nSPS) is 22.2. The molecule has 88 valence electrons. The van der Waals surface area contributed by atoms with Crippen LogP contribution in [0.5, 0.6) is 0 Å². The molecular formula is C13H19FN2. The van der Waals surface area contributed by atoms with Gasteiger partial charge in [-0.3, -0.25) is 4.90 Å². The standard InChI is InChI=1S/C13H19FN2/c1-2-13-9-15-6-7-16(13)10-11-4-3-5-12(14)8-11/h3-5,8,13,15H,2,6-7,9-10H2,1H3. The minimum absolute atomic E-state index is 0.138. The van der Waals surface area contributed by atoms with E-state index in [-0.39, 0.29) is 5.82 Å². The first-order valence-electron chi connectivity index (χ1n) is 5.99. The van der Waals surface area contributed by atoms with E-state index in [9.17, 15) is 4.39 Å². The van der Waals surface area contributed by atoms with Gasteiger partial charge in [0, 0.05) is 32.2 Å². The van der Waals surface area contributed by atoms with Crippen molar-refractivity contribution in [3.63, 3.8) is 0 Å². The molecule has 1 aromatic carbocycles. The first kappa shape index (κ1) is 11.6. The van der Waals surface area contributed by atoms with Crippen molar-refractivity contribution in [1.29, 1.82) is 0 Å². The second-order valence-electron chi connectivity index (χ2n) is 4.37. The quantitative estimate of drug-likeness (QED) is 0.841. The van der Waals surface area contributed by atoms with Crippen LogP contribution in [0.15, 0.2) is 24.3 Å². The van der Waals surface area contributed by atoms with Gasteiger partial charge in [-0.05, 0) is 24.1 Å². The molecule has 1 atom stereocenters. The largest absolute Gasteiger partial charge is 0.314 e. The van der Waals surface area contributed by atoms with E-state index in [1.54, 1.807) is 12.1 Å². The number of piperazine rings is 1. The molecule has 2 rings (SSSR count). The summed E-state index contributed by atoms with van der Waals surface area (Å²) in [6, 6.07) is 7.50. The van der Waals surface area contributed by atoms with Crippen molar-refractivity contribution in [2.75, 3.05) is 19.6 Å². The van der Waals surface area contributed by atoms with E-state index < -0.39 is 0 Å². The predicted molar refractivity (Wildman–Crippen MR) is 63.8 cm³/mol. The molecule has 2 nitrogen and oxygen atoms in total. The zero-order valence-electron chi connectivity index (χ0n) is 9.75. The molecule has 0 amide bonds. The molecule has 1 saturated heterocycles. The highest BCUT2D eigenvalue weighted by Crippen LogP contribution is 2.13. The fourth-order valence-corrected chi connectivity index (χ4v) is 2.28. The number of benzene rings is 1. The lowest BCUT2D eigenvalue weighted by molar-refractivity contribution is 0.149. The van der Waals surface area contributed by atoms with Crippen LogP contribution in [0.25, 0.3) is 0 Å². The molecular weight excluding hydrogens is 203 g/mol. The van der Waals surface area contributed by atoms with Crippen molar-refractivity contribution in [3.8, 4) is 0 Å². The van der Waals surface area contributed by atoms with Crippen LogP contribution in [0.4, 0.5) is 4.39 Å². The van der Waals surface area contributed by atoms with Crippen LogP contribution in [-0.2, 0) is 6.54 Å². The lowest BCUT2D eigenvalue weighted by atomic mass is 10.1. The van der Waals surface area contributed by atoms with E-state index in [4.69, 9.17) is 0 Å². The Balaban J connectivity index is 2.02. The number of rotatable bonds is 3. The molecule has 1 fully saturated rings. The van der Waals surface area contributed by atoms with Gasteiger partial charge in [0.15, 0.2) is 0 Å². The Morgan fingerprint density at radius 2 is 2.38 bits per heavy atom. The molecule has 0 bridgehead atoms. The minimum atomic E-state index is -0.138. The fraction of sp³-hybridized carbons (Fsp3) is 0.538. The highest BCUT2D eigenvalue weighted by molar-refractivity contribution is 5.16. The third-order valence-electron chi connectivity index (χ3n) is 3.22. The molecule has 3 heteroatoms. The Hall–Kier alpha value is -0.930. The van der Waals surface area contributed by atoms with E-state index in [2.05, 4.69) is 17.1 Å². The Morgan fingerprint density at radius 1 is 1.50 bits per heavy atom. The Kier molecular flexibility index (Phi) is 3.91. The molecule has 0 aromatic heterocycles. The number of halogens is 1. The van der Waals surface area contributed by atoms with Crippen molar-refractivity contribution in [2.45, 2.75) is 25.9 Å². The molecule has 1 aliphatic rings. The number of hydrogen-bond donors (Lipinski definition) is 1. The monoisotopic (exact) mass is 222 g/mol. The summed E-state index contributed by atoms with van der Waals surface area (Å²) in [7, 11) is 0. The first-order chi connectivity index (χ1) is 7.79. The maximum Gasteiger partial charge on any atom is 0.123 e. The average molecular weight is 222 g/mol. The van der Waals surface area contributed by atoms with Gasteiger partial charge in [-0.15, -0.1) is 0 Å². The number of nitrogens with one attached hydrogen (secondary N) is 1. The Morgan fingerprint density at radius 3 is 3.12 bits per heavy atom. The van der Waals surface area contributed by atoms with Crippen LogP contribution in [0.3, 0.4) is 0 Å². The average Bonchev–Trinajstić information content (AvgIpc) is 2.30. The van der Waals surface area contributed by atoms with Gasteiger partial charge in [-0.25, -0.2) is 4.39 Å². The lowest BCUT2D eigenvalue weighted by Crippen LogP contribution is -2.50. The van der Waals surface area contributed by atoms with Crippen molar-refractivity contribution < 1.29 is 4.39 Å². The van der Waals surface area contributed by atoms with Gasteiger partial charge in [-0.1, -0.05) is 19.1 Å². The Labute approximate surface area is 96.5 Å². The molecule has 1 unspecified atom stereocenters. The summed E-state index contributed by atoms with van der Waals surface area (Å²) in [5.41, 5.74) is 1.07. The second kappa shape index (κ2) is 5.41. The van der Waals surface area contributed by atoms with Gasteiger partial charge in [0.05, 0.1) is 0 Å². The highest BCUT2D eigenvalue weighted by atomic mass is 19.1. The maximum atomic E-state index is 13.1. The summed E-state index contributed by atoms with van der Waals surface area (Å²) in [5.74, 6) is -0.138. The van der Waals surface area contributed by atoms with Crippen molar-refractivity contribution in [3.05, 3.63) is 35.6 Å². The van der Waals surface area contributed by atoms with E-state index >= 15 is 0 Å². The molecule has 0 aliphatic carbocycles. The predicted octanol–water partition coefficient (Wildman–Crippen LogP) is 2.01. The zero-order valence-corrected chi connectivity index (χ0v) is 9.75. The Bertz CT molecular complexity index is 340. The van der Waals surface area contributed by atoms with Crippen LogP contribution in [0, 0.1) is 5.82 Å². The van der Waals surface area contributed by atoms with Gasteiger partial charge in [0.25, 0.3) is 0 Å². The van der Waals surface area contributed by atoms with Crippen molar-refractivity contribution in [1.82, 2.24) is 10.2 Å². The van der Waals surface area contributed by atoms with Crippen molar-refractivity contribution >= 4 is 0 Å².